The van der Waals surface area contributed by atoms with Crippen LogP contribution in [-0.2, 0) is 10.8 Å². The normalized spacial score (nSPS) is 12.0. The highest BCUT2D eigenvalue weighted by molar-refractivity contribution is 6.40. The minimum absolute atomic E-state index is 0.0336. The lowest BCUT2D eigenvalue weighted by Crippen LogP contribution is -2.37. The van der Waals surface area contributed by atoms with Gasteiger partial charge in [0.2, 0.25) is 0 Å². The highest BCUT2D eigenvalue weighted by atomic mass is 35.5. The van der Waals surface area contributed by atoms with Gasteiger partial charge < -0.3 is 10.2 Å². The third-order valence-corrected chi connectivity index (χ3v) is 4.35. The van der Waals surface area contributed by atoms with Crippen LogP contribution in [0.15, 0.2) is 0 Å². The molecule has 0 spiro atoms. The monoisotopic (exact) mass is 406 g/mol. The molecule has 0 aliphatic rings. The zero-order valence-electron chi connectivity index (χ0n) is 15.2. The lowest BCUT2D eigenvalue weighted by atomic mass is 9.79. The van der Waals surface area contributed by atoms with Crippen LogP contribution in [0, 0.1) is 10.1 Å². The maximum Gasteiger partial charge on any atom is 0.421 e. The molecule has 2 amide bonds. The van der Waals surface area contributed by atoms with Crippen LogP contribution in [0.4, 0.5) is 21.0 Å². The number of hydrogen-bond acceptors (Lipinski definition) is 4. The van der Waals surface area contributed by atoms with Crippen molar-refractivity contribution in [1.82, 2.24) is 0 Å². The van der Waals surface area contributed by atoms with Gasteiger partial charge in [0.25, 0.3) is 5.69 Å². The Kier molecular flexibility index (Phi) is 5.85. The van der Waals surface area contributed by atoms with E-state index < -0.39 is 33.6 Å². The van der Waals surface area contributed by atoms with Gasteiger partial charge >= 0.3 is 12.2 Å². The van der Waals surface area contributed by atoms with E-state index >= 15 is 0 Å². The van der Waals surface area contributed by atoms with Crippen molar-refractivity contribution < 1.29 is 24.7 Å². The summed E-state index contributed by atoms with van der Waals surface area (Å²) in [5, 5.41) is 29.8. The Balaban J connectivity index is 4.32. The van der Waals surface area contributed by atoms with Gasteiger partial charge in [0.15, 0.2) is 0 Å². The largest absolute Gasteiger partial charge is 0.464 e. The fraction of sp³-hybridized carbons (Fsp3) is 0.500. The summed E-state index contributed by atoms with van der Waals surface area (Å²) in [6.07, 6.45) is -3.59. The molecule has 0 bridgehead atoms. The number of halogens is 2. The molecular formula is C16H20Cl2N2O6. The Morgan fingerprint density at radius 3 is 1.58 bits per heavy atom. The Hall–Kier alpha value is -2.06. The molecule has 1 rings (SSSR count). The second-order valence-electron chi connectivity index (χ2n) is 7.73. The molecule has 0 saturated carbocycles. The van der Waals surface area contributed by atoms with Gasteiger partial charge in [0.05, 0.1) is 21.2 Å². The number of nitrogens with zero attached hydrogens (tertiary/aromatic N) is 2. The minimum atomic E-state index is -1.80. The van der Waals surface area contributed by atoms with E-state index in [2.05, 4.69) is 0 Å². The van der Waals surface area contributed by atoms with Crippen LogP contribution in [-0.4, -0.2) is 27.3 Å². The van der Waals surface area contributed by atoms with Gasteiger partial charge in [-0.05, 0) is 10.8 Å². The Morgan fingerprint density at radius 2 is 1.31 bits per heavy atom. The summed E-state index contributed by atoms with van der Waals surface area (Å²) < 4.78 is 0. The molecule has 0 saturated heterocycles. The van der Waals surface area contributed by atoms with E-state index in [4.69, 9.17) is 23.2 Å². The number of amides is 2. The maximum absolute atomic E-state index is 11.7. The molecule has 8 nitrogen and oxygen atoms in total. The van der Waals surface area contributed by atoms with Gasteiger partial charge in [-0.1, -0.05) is 64.7 Å². The molecule has 0 heterocycles. The Morgan fingerprint density at radius 1 is 0.923 bits per heavy atom. The number of carboxylic acid groups (broad SMARTS) is 2. The van der Waals surface area contributed by atoms with Crippen molar-refractivity contribution >= 4 is 46.8 Å². The first kappa shape index (κ1) is 22.0. The summed E-state index contributed by atoms with van der Waals surface area (Å²) in [5.74, 6) is 0. The molecule has 0 atom stereocenters. The van der Waals surface area contributed by atoms with Crippen molar-refractivity contribution in [1.29, 1.82) is 0 Å². The number of imide groups is 1. The van der Waals surface area contributed by atoms with Crippen molar-refractivity contribution in [3.63, 3.8) is 0 Å². The van der Waals surface area contributed by atoms with Crippen LogP contribution < -0.4 is 4.90 Å². The van der Waals surface area contributed by atoms with Crippen molar-refractivity contribution in [3.8, 4) is 0 Å². The number of hydrogen-bond donors (Lipinski definition) is 2. The van der Waals surface area contributed by atoms with Crippen LogP contribution in [0.1, 0.15) is 52.7 Å². The average molecular weight is 407 g/mol. The van der Waals surface area contributed by atoms with E-state index in [9.17, 15) is 29.9 Å². The quantitative estimate of drug-likeness (QED) is 0.482. The fourth-order valence-electron chi connectivity index (χ4n) is 2.69. The van der Waals surface area contributed by atoms with Gasteiger partial charge in [0, 0.05) is 5.56 Å². The van der Waals surface area contributed by atoms with Crippen LogP contribution in [0.2, 0.25) is 10.0 Å². The van der Waals surface area contributed by atoms with E-state index in [1.165, 1.54) is 0 Å². The molecule has 26 heavy (non-hydrogen) atoms. The Bertz CT molecular complexity index is 780. The molecule has 0 unspecified atom stereocenters. The van der Waals surface area contributed by atoms with Crippen molar-refractivity contribution in [3.05, 3.63) is 31.3 Å². The molecule has 2 N–H and O–H groups in total. The van der Waals surface area contributed by atoms with E-state index in [1.807, 2.05) is 0 Å². The lowest BCUT2D eigenvalue weighted by Gasteiger charge is -2.31. The number of anilines is 1. The number of nitro groups is 1. The van der Waals surface area contributed by atoms with Crippen molar-refractivity contribution in [2.75, 3.05) is 4.90 Å². The summed E-state index contributed by atoms with van der Waals surface area (Å²) in [7, 11) is 0. The number of nitro benzene ring substituents is 1. The van der Waals surface area contributed by atoms with Crippen LogP contribution >= 0.6 is 23.2 Å². The van der Waals surface area contributed by atoms with Gasteiger partial charge in [-0.2, -0.15) is 4.90 Å². The summed E-state index contributed by atoms with van der Waals surface area (Å²) in [6, 6.07) is 0. The second-order valence-corrected chi connectivity index (χ2v) is 8.49. The first-order valence-electron chi connectivity index (χ1n) is 7.49. The van der Waals surface area contributed by atoms with Gasteiger partial charge in [0.1, 0.15) is 5.02 Å². The van der Waals surface area contributed by atoms with Crippen molar-refractivity contribution in [2.24, 2.45) is 0 Å². The lowest BCUT2D eigenvalue weighted by molar-refractivity contribution is -0.385. The van der Waals surface area contributed by atoms with Crippen LogP contribution in [0.25, 0.3) is 0 Å². The third-order valence-electron chi connectivity index (χ3n) is 3.62. The molecule has 1 aromatic carbocycles. The van der Waals surface area contributed by atoms with E-state index in [0.29, 0.717) is 0 Å². The summed E-state index contributed by atoms with van der Waals surface area (Å²) in [4.78, 5) is 34.2. The zero-order chi connectivity index (χ0) is 20.8. The smallest absolute Gasteiger partial charge is 0.421 e. The summed E-state index contributed by atoms with van der Waals surface area (Å²) in [6.45, 7) is 9.75. The fourth-order valence-corrected chi connectivity index (χ4v) is 3.78. The zero-order valence-corrected chi connectivity index (χ0v) is 16.7. The average Bonchev–Trinajstić information content (AvgIpc) is 2.37. The highest BCUT2D eigenvalue weighted by Gasteiger charge is 2.42. The van der Waals surface area contributed by atoms with Crippen molar-refractivity contribution in [2.45, 2.75) is 52.4 Å². The number of rotatable bonds is 2. The molecule has 0 aromatic heterocycles. The first-order chi connectivity index (χ1) is 11.5. The van der Waals surface area contributed by atoms with Crippen LogP contribution in [0.5, 0.6) is 0 Å². The Labute approximate surface area is 160 Å². The molecule has 10 heteroatoms. The van der Waals surface area contributed by atoms with E-state index in [1.54, 1.807) is 41.5 Å². The second kappa shape index (κ2) is 6.92. The molecule has 1 aromatic rings. The van der Waals surface area contributed by atoms with E-state index in [-0.39, 0.29) is 31.8 Å². The number of carbonyl (C=O) groups is 2. The maximum atomic E-state index is 11.7. The molecule has 0 aliphatic heterocycles. The molecule has 0 aliphatic carbocycles. The summed E-state index contributed by atoms with van der Waals surface area (Å²) in [5.41, 5.74) is -2.76. The first-order valence-corrected chi connectivity index (χ1v) is 8.25. The van der Waals surface area contributed by atoms with Gasteiger partial charge in [-0.15, -0.1) is 0 Å². The predicted octanol–water partition coefficient (Wildman–Crippen LogP) is 5.66. The van der Waals surface area contributed by atoms with Gasteiger partial charge in [-0.25, -0.2) is 9.59 Å². The molecule has 0 fully saturated rings. The molecule has 144 valence electrons. The SMILES string of the molecule is CC(C)(C)c1c(Cl)c([N+](=O)[O-])c(C(C)(C)C)c(Cl)c1N(C(=O)O)C(=O)O. The predicted molar refractivity (Wildman–Crippen MR) is 99.0 cm³/mol. The summed E-state index contributed by atoms with van der Waals surface area (Å²) >= 11 is 12.7. The third kappa shape index (κ3) is 3.86. The highest BCUT2D eigenvalue weighted by Crippen LogP contribution is 2.52. The van der Waals surface area contributed by atoms with E-state index in [0.717, 1.165) is 0 Å². The standard InChI is InChI=1S/C16H20Cl2N2O6/c1-15(2,3)7-10(18)12(20(25)26)8(16(4,5)6)9(17)11(7)19(13(21)22)14(23)24/h1-6H3,(H,21,22)(H,23,24). The van der Waals surface area contributed by atoms with Gasteiger partial charge in [-0.3, -0.25) is 10.1 Å². The molecule has 0 radical (unpaired) electrons. The van der Waals surface area contributed by atoms with Crippen LogP contribution in [0.3, 0.4) is 0 Å². The minimum Gasteiger partial charge on any atom is -0.464 e. The molecular weight excluding hydrogens is 387 g/mol. The number of benzene rings is 1. The topological polar surface area (TPSA) is 121 Å².